The highest BCUT2D eigenvalue weighted by Crippen LogP contribution is 2.33. The maximum Gasteiger partial charge on any atom is 0.387 e. The van der Waals surface area contributed by atoms with Gasteiger partial charge in [-0.3, -0.25) is 4.79 Å². The fourth-order valence-corrected chi connectivity index (χ4v) is 2.27. The van der Waals surface area contributed by atoms with Crippen molar-refractivity contribution in [3.63, 3.8) is 0 Å². The van der Waals surface area contributed by atoms with E-state index in [1.165, 1.54) is 12.1 Å². The summed E-state index contributed by atoms with van der Waals surface area (Å²) in [5.41, 5.74) is 0.788. The Morgan fingerprint density at radius 3 is 2.43 bits per heavy atom. The van der Waals surface area contributed by atoms with E-state index in [4.69, 9.17) is 5.11 Å². The highest BCUT2D eigenvalue weighted by molar-refractivity contribution is 5.83. The average Bonchev–Trinajstić information content (AvgIpc) is 3.29. The summed E-state index contributed by atoms with van der Waals surface area (Å²) in [6.45, 7) is -2.87. The molecule has 126 valence electrons. The number of amides is 1. The zero-order chi connectivity index (χ0) is 16.8. The zero-order valence-electron chi connectivity index (χ0n) is 12.5. The lowest BCUT2D eigenvalue weighted by Crippen LogP contribution is -2.41. The molecule has 0 heterocycles. The molecule has 23 heavy (non-hydrogen) atoms. The minimum atomic E-state index is -2.87. The van der Waals surface area contributed by atoms with Gasteiger partial charge >= 0.3 is 12.6 Å². The number of rotatable bonds is 9. The molecule has 2 rings (SSSR count). The number of aliphatic carboxylic acids is 1. The van der Waals surface area contributed by atoms with E-state index in [-0.39, 0.29) is 18.1 Å². The first-order chi connectivity index (χ1) is 10.9. The molecule has 1 amide bonds. The molecule has 5 nitrogen and oxygen atoms in total. The SMILES string of the molecule is O=C(CCc1ccc(OC(F)F)cc1)NC(CC1CC1)C(=O)O. The lowest BCUT2D eigenvalue weighted by atomic mass is 10.1. The molecule has 1 aliphatic carbocycles. The van der Waals surface area contributed by atoms with Crippen molar-refractivity contribution in [1.82, 2.24) is 5.32 Å². The Kier molecular flexibility index (Phi) is 5.90. The van der Waals surface area contributed by atoms with E-state index in [9.17, 15) is 18.4 Å². The Bertz CT molecular complexity index is 544. The maximum atomic E-state index is 12.0. The Morgan fingerprint density at radius 2 is 1.91 bits per heavy atom. The van der Waals surface area contributed by atoms with Gasteiger partial charge < -0.3 is 15.2 Å². The van der Waals surface area contributed by atoms with Gasteiger partial charge in [0, 0.05) is 6.42 Å². The number of benzene rings is 1. The average molecular weight is 327 g/mol. The van der Waals surface area contributed by atoms with Crippen molar-refractivity contribution in [3.05, 3.63) is 29.8 Å². The van der Waals surface area contributed by atoms with Crippen LogP contribution in [-0.2, 0) is 16.0 Å². The van der Waals surface area contributed by atoms with E-state index in [0.29, 0.717) is 18.8 Å². The van der Waals surface area contributed by atoms with Gasteiger partial charge in [0.2, 0.25) is 5.91 Å². The molecule has 0 bridgehead atoms. The number of carbonyl (C=O) groups is 2. The van der Waals surface area contributed by atoms with Gasteiger partial charge in [-0.05, 0) is 36.5 Å². The van der Waals surface area contributed by atoms with E-state index < -0.39 is 18.6 Å². The van der Waals surface area contributed by atoms with Crippen molar-refractivity contribution >= 4 is 11.9 Å². The third-order valence-corrected chi connectivity index (χ3v) is 3.69. The fourth-order valence-electron chi connectivity index (χ4n) is 2.27. The number of carboxylic acids is 1. The summed E-state index contributed by atoms with van der Waals surface area (Å²) in [5.74, 6) is -0.882. The van der Waals surface area contributed by atoms with Crippen molar-refractivity contribution in [1.29, 1.82) is 0 Å². The van der Waals surface area contributed by atoms with Crippen LogP contribution in [0.3, 0.4) is 0 Å². The maximum absolute atomic E-state index is 12.0. The van der Waals surface area contributed by atoms with Crippen LogP contribution in [0.2, 0.25) is 0 Å². The summed E-state index contributed by atoms with van der Waals surface area (Å²) in [7, 11) is 0. The molecule has 0 aromatic heterocycles. The van der Waals surface area contributed by atoms with Gasteiger partial charge in [0.25, 0.3) is 0 Å². The van der Waals surface area contributed by atoms with Crippen molar-refractivity contribution in [2.75, 3.05) is 0 Å². The number of aryl methyl sites for hydroxylation is 1. The first-order valence-corrected chi connectivity index (χ1v) is 7.50. The summed E-state index contributed by atoms with van der Waals surface area (Å²) in [6.07, 6.45) is 3.06. The van der Waals surface area contributed by atoms with Gasteiger partial charge in [0.05, 0.1) is 0 Å². The quantitative estimate of drug-likeness (QED) is 0.731. The minimum absolute atomic E-state index is 0.0589. The van der Waals surface area contributed by atoms with E-state index in [1.54, 1.807) is 12.1 Å². The van der Waals surface area contributed by atoms with Crippen LogP contribution in [-0.4, -0.2) is 29.6 Å². The normalized spacial score (nSPS) is 15.3. The standard InChI is InChI=1S/C16H19F2NO4/c17-16(18)23-12-6-3-10(4-7-12)5-8-14(20)19-13(15(21)22)9-11-1-2-11/h3-4,6-7,11,13,16H,1-2,5,8-9H2,(H,19,20)(H,21,22). The molecule has 0 radical (unpaired) electrons. The second-order valence-corrected chi connectivity index (χ2v) is 5.66. The highest BCUT2D eigenvalue weighted by atomic mass is 19.3. The van der Waals surface area contributed by atoms with Gasteiger partial charge in [-0.15, -0.1) is 0 Å². The molecule has 7 heteroatoms. The summed E-state index contributed by atoms with van der Waals surface area (Å²) in [6, 6.07) is 5.18. The lowest BCUT2D eigenvalue weighted by Gasteiger charge is -2.14. The number of halogens is 2. The molecule has 0 saturated heterocycles. The van der Waals surface area contributed by atoms with E-state index in [2.05, 4.69) is 10.1 Å². The van der Waals surface area contributed by atoms with Crippen molar-refractivity contribution in [2.45, 2.75) is 44.8 Å². The van der Waals surface area contributed by atoms with E-state index in [1.807, 2.05) is 0 Å². The molecular formula is C16H19F2NO4. The molecule has 1 aromatic carbocycles. The van der Waals surface area contributed by atoms with Crippen molar-refractivity contribution < 1.29 is 28.2 Å². The Hall–Kier alpha value is -2.18. The second kappa shape index (κ2) is 7.89. The Balaban J connectivity index is 1.77. The Labute approximate surface area is 132 Å². The Morgan fingerprint density at radius 1 is 1.26 bits per heavy atom. The largest absolute Gasteiger partial charge is 0.480 e. The van der Waals surface area contributed by atoms with Gasteiger partial charge in [-0.25, -0.2) is 4.79 Å². The zero-order valence-corrected chi connectivity index (χ0v) is 12.5. The molecular weight excluding hydrogens is 308 g/mol. The number of carbonyl (C=O) groups excluding carboxylic acids is 1. The first kappa shape index (κ1) is 17.2. The molecule has 1 saturated carbocycles. The molecule has 2 N–H and O–H groups in total. The van der Waals surface area contributed by atoms with Crippen molar-refractivity contribution in [3.8, 4) is 5.75 Å². The van der Waals surface area contributed by atoms with Crippen LogP contribution in [0.4, 0.5) is 8.78 Å². The highest BCUT2D eigenvalue weighted by Gasteiger charge is 2.30. The number of alkyl halides is 2. The van der Waals surface area contributed by atoms with Gasteiger partial charge in [0.15, 0.2) is 0 Å². The number of hydrogen-bond donors (Lipinski definition) is 2. The van der Waals surface area contributed by atoms with Crippen LogP contribution in [0.5, 0.6) is 5.75 Å². The van der Waals surface area contributed by atoms with Gasteiger partial charge in [-0.1, -0.05) is 25.0 Å². The minimum Gasteiger partial charge on any atom is -0.480 e. The number of carboxylic acid groups (broad SMARTS) is 1. The molecule has 1 unspecified atom stereocenters. The van der Waals surface area contributed by atoms with Gasteiger partial charge in [-0.2, -0.15) is 8.78 Å². The third kappa shape index (κ3) is 6.22. The summed E-state index contributed by atoms with van der Waals surface area (Å²) in [5, 5.41) is 11.6. The fraction of sp³-hybridized carbons (Fsp3) is 0.500. The number of hydrogen-bond acceptors (Lipinski definition) is 3. The number of ether oxygens (including phenoxy) is 1. The number of nitrogens with one attached hydrogen (secondary N) is 1. The topological polar surface area (TPSA) is 75.6 Å². The van der Waals surface area contributed by atoms with Gasteiger partial charge in [0.1, 0.15) is 11.8 Å². The van der Waals surface area contributed by atoms with Crippen LogP contribution in [0.1, 0.15) is 31.2 Å². The molecule has 1 aliphatic rings. The predicted molar refractivity (Wildman–Crippen MR) is 78.3 cm³/mol. The van der Waals surface area contributed by atoms with Crippen LogP contribution in [0.15, 0.2) is 24.3 Å². The summed E-state index contributed by atoms with van der Waals surface area (Å²) in [4.78, 5) is 23.0. The smallest absolute Gasteiger partial charge is 0.387 e. The third-order valence-electron chi connectivity index (χ3n) is 3.69. The summed E-state index contributed by atoms with van der Waals surface area (Å²) < 4.78 is 28.3. The molecule has 1 aromatic rings. The molecule has 0 spiro atoms. The van der Waals surface area contributed by atoms with Crippen LogP contribution in [0, 0.1) is 5.92 Å². The van der Waals surface area contributed by atoms with Crippen LogP contribution < -0.4 is 10.1 Å². The molecule has 1 fully saturated rings. The van der Waals surface area contributed by atoms with Crippen LogP contribution >= 0.6 is 0 Å². The second-order valence-electron chi connectivity index (χ2n) is 5.66. The van der Waals surface area contributed by atoms with E-state index >= 15 is 0 Å². The van der Waals surface area contributed by atoms with Crippen molar-refractivity contribution in [2.24, 2.45) is 5.92 Å². The molecule has 1 atom stereocenters. The molecule has 0 aliphatic heterocycles. The first-order valence-electron chi connectivity index (χ1n) is 7.50. The monoisotopic (exact) mass is 327 g/mol. The summed E-state index contributed by atoms with van der Waals surface area (Å²) >= 11 is 0. The van der Waals surface area contributed by atoms with Crippen LogP contribution in [0.25, 0.3) is 0 Å². The predicted octanol–water partition coefficient (Wildman–Crippen LogP) is 2.59. The van der Waals surface area contributed by atoms with E-state index in [0.717, 1.165) is 18.4 Å². The lowest BCUT2D eigenvalue weighted by molar-refractivity contribution is -0.142.